The summed E-state index contributed by atoms with van der Waals surface area (Å²) in [7, 11) is 1.86. The standard InChI is InChI=1S/C16H24N4O2/c1-4-14-17-10-8-6-7-9-12-13(11-18-14)20(3)19-15(12)16(21)22-5-2/h8,10H,4-7,9,11H2,1-3H3,(H,17,18)/b10-8+. The first kappa shape index (κ1) is 16.3. The van der Waals surface area contributed by atoms with Gasteiger partial charge in [0.1, 0.15) is 5.84 Å². The van der Waals surface area contributed by atoms with Gasteiger partial charge >= 0.3 is 5.97 Å². The van der Waals surface area contributed by atoms with Crippen molar-refractivity contribution in [3.05, 3.63) is 29.2 Å². The first-order valence-electron chi connectivity index (χ1n) is 7.84. The molecule has 0 radical (unpaired) electrons. The van der Waals surface area contributed by atoms with Gasteiger partial charge in [-0.1, -0.05) is 13.0 Å². The second kappa shape index (κ2) is 7.77. The Bertz CT molecular complexity index is 587. The van der Waals surface area contributed by atoms with Gasteiger partial charge in [0.15, 0.2) is 5.69 Å². The number of nitrogens with zero attached hydrogens (tertiary/aromatic N) is 3. The highest BCUT2D eigenvalue weighted by Gasteiger charge is 2.22. The second-order valence-corrected chi connectivity index (χ2v) is 5.17. The topological polar surface area (TPSA) is 68.5 Å². The molecule has 0 amide bonds. The van der Waals surface area contributed by atoms with E-state index < -0.39 is 0 Å². The van der Waals surface area contributed by atoms with Crippen molar-refractivity contribution < 1.29 is 9.53 Å². The average Bonchev–Trinajstić information content (AvgIpc) is 2.79. The van der Waals surface area contributed by atoms with Crippen LogP contribution >= 0.6 is 0 Å². The first-order chi connectivity index (χ1) is 10.7. The minimum absolute atomic E-state index is 0.345. The van der Waals surface area contributed by atoms with Gasteiger partial charge in [0.05, 0.1) is 18.8 Å². The summed E-state index contributed by atoms with van der Waals surface area (Å²) in [6.45, 7) is 4.74. The molecule has 120 valence electrons. The van der Waals surface area contributed by atoms with Crippen LogP contribution in [0.5, 0.6) is 0 Å². The zero-order valence-electron chi connectivity index (χ0n) is 13.6. The molecule has 0 aliphatic carbocycles. The van der Waals surface area contributed by atoms with Gasteiger partial charge in [0.2, 0.25) is 0 Å². The second-order valence-electron chi connectivity index (χ2n) is 5.17. The molecule has 0 atom stereocenters. The Kier molecular flexibility index (Phi) is 5.75. The number of amidine groups is 1. The van der Waals surface area contributed by atoms with E-state index in [-0.39, 0.29) is 5.97 Å². The summed E-state index contributed by atoms with van der Waals surface area (Å²) in [4.78, 5) is 16.7. The van der Waals surface area contributed by atoms with Crippen LogP contribution in [0, 0.1) is 0 Å². The van der Waals surface area contributed by atoms with Crippen LogP contribution < -0.4 is 5.32 Å². The molecule has 0 saturated heterocycles. The maximum Gasteiger partial charge on any atom is 0.359 e. The average molecular weight is 304 g/mol. The lowest BCUT2D eigenvalue weighted by Crippen LogP contribution is -2.16. The van der Waals surface area contributed by atoms with Crippen molar-refractivity contribution in [1.29, 1.82) is 0 Å². The minimum Gasteiger partial charge on any atom is -0.461 e. The van der Waals surface area contributed by atoms with Crippen LogP contribution in [-0.4, -0.2) is 28.2 Å². The number of nitrogens with one attached hydrogen (secondary N) is 1. The van der Waals surface area contributed by atoms with Gasteiger partial charge in [0, 0.05) is 19.0 Å². The van der Waals surface area contributed by atoms with Crippen molar-refractivity contribution in [2.45, 2.75) is 46.1 Å². The SMILES string of the molecule is CCOC(=O)c1nn(C)c2c1CCC/C=C/NC(CC)=NC2. The van der Waals surface area contributed by atoms with Crippen molar-refractivity contribution in [3.8, 4) is 0 Å². The van der Waals surface area contributed by atoms with Crippen LogP contribution in [0.4, 0.5) is 0 Å². The number of aryl methyl sites for hydroxylation is 1. The van der Waals surface area contributed by atoms with E-state index in [0.29, 0.717) is 18.8 Å². The molecular weight excluding hydrogens is 280 g/mol. The van der Waals surface area contributed by atoms with Gasteiger partial charge < -0.3 is 10.1 Å². The number of aromatic nitrogens is 2. The zero-order valence-corrected chi connectivity index (χ0v) is 13.6. The Hall–Kier alpha value is -2.11. The van der Waals surface area contributed by atoms with Gasteiger partial charge in [-0.25, -0.2) is 4.79 Å². The number of hydrogen-bond donors (Lipinski definition) is 1. The van der Waals surface area contributed by atoms with Crippen LogP contribution in [0.25, 0.3) is 0 Å². The fourth-order valence-corrected chi connectivity index (χ4v) is 2.49. The quantitative estimate of drug-likeness (QED) is 0.870. The number of allylic oxidation sites excluding steroid dienone is 1. The maximum atomic E-state index is 12.1. The van der Waals surface area contributed by atoms with E-state index in [1.54, 1.807) is 11.6 Å². The zero-order chi connectivity index (χ0) is 15.9. The molecular formula is C16H24N4O2. The summed E-state index contributed by atoms with van der Waals surface area (Å²) in [5.74, 6) is 0.588. The molecule has 6 heteroatoms. The molecule has 1 N–H and O–H groups in total. The predicted octanol–water partition coefficient (Wildman–Crippen LogP) is 2.34. The van der Waals surface area contributed by atoms with Crippen LogP contribution in [0.3, 0.4) is 0 Å². The van der Waals surface area contributed by atoms with E-state index in [1.165, 1.54) is 0 Å². The van der Waals surface area contributed by atoms with Crippen molar-refractivity contribution in [1.82, 2.24) is 15.1 Å². The molecule has 1 aromatic heterocycles. The van der Waals surface area contributed by atoms with Gasteiger partial charge in [-0.15, -0.1) is 0 Å². The van der Waals surface area contributed by atoms with Crippen LogP contribution in [0.2, 0.25) is 0 Å². The number of carbonyl (C=O) groups excluding carboxylic acids is 1. The molecule has 0 spiro atoms. The number of carbonyl (C=O) groups is 1. The highest BCUT2D eigenvalue weighted by atomic mass is 16.5. The number of ether oxygens (including phenoxy) is 1. The Morgan fingerprint density at radius 3 is 3.00 bits per heavy atom. The fraction of sp³-hybridized carbons (Fsp3) is 0.562. The number of esters is 1. The molecule has 1 aromatic rings. The Balaban J connectivity index is 2.38. The normalized spacial score (nSPS) is 16.8. The van der Waals surface area contributed by atoms with E-state index in [2.05, 4.69) is 28.4 Å². The summed E-state index contributed by atoms with van der Waals surface area (Å²) < 4.78 is 6.88. The molecule has 1 aliphatic rings. The van der Waals surface area contributed by atoms with Crippen LogP contribution in [0.1, 0.15) is 54.9 Å². The van der Waals surface area contributed by atoms with Gasteiger partial charge in [-0.3, -0.25) is 9.67 Å². The first-order valence-corrected chi connectivity index (χ1v) is 7.84. The summed E-state index contributed by atoms with van der Waals surface area (Å²) in [5.41, 5.74) is 2.39. The molecule has 1 aliphatic heterocycles. The minimum atomic E-state index is -0.345. The molecule has 2 heterocycles. The van der Waals surface area contributed by atoms with Crippen molar-refractivity contribution in [2.75, 3.05) is 6.61 Å². The number of rotatable bonds is 3. The Labute approximate surface area is 131 Å². The third kappa shape index (κ3) is 3.75. The van der Waals surface area contributed by atoms with Crippen molar-refractivity contribution in [3.63, 3.8) is 0 Å². The largest absolute Gasteiger partial charge is 0.461 e. The third-order valence-corrected chi connectivity index (χ3v) is 3.66. The number of aliphatic imine (C=N–C) groups is 1. The van der Waals surface area contributed by atoms with E-state index in [0.717, 1.165) is 42.8 Å². The third-order valence-electron chi connectivity index (χ3n) is 3.66. The fourth-order valence-electron chi connectivity index (χ4n) is 2.49. The molecule has 22 heavy (non-hydrogen) atoms. The number of hydrogen-bond acceptors (Lipinski definition) is 5. The van der Waals surface area contributed by atoms with Crippen molar-refractivity contribution in [2.24, 2.45) is 12.0 Å². The molecule has 0 aromatic carbocycles. The summed E-state index contributed by atoms with van der Waals surface area (Å²) in [5, 5.41) is 7.58. The van der Waals surface area contributed by atoms with Gasteiger partial charge in [-0.2, -0.15) is 5.10 Å². The van der Waals surface area contributed by atoms with E-state index >= 15 is 0 Å². The molecule has 2 rings (SSSR count). The van der Waals surface area contributed by atoms with Crippen LogP contribution in [-0.2, 0) is 24.8 Å². The lowest BCUT2D eigenvalue weighted by Gasteiger charge is -2.06. The maximum absolute atomic E-state index is 12.1. The monoisotopic (exact) mass is 304 g/mol. The highest BCUT2D eigenvalue weighted by Crippen LogP contribution is 2.19. The Morgan fingerprint density at radius 2 is 2.27 bits per heavy atom. The smallest absolute Gasteiger partial charge is 0.359 e. The lowest BCUT2D eigenvalue weighted by molar-refractivity contribution is 0.0517. The molecule has 0 bridgehead atoms. The van der Waals surface area contributed by atoms with Gasteiger partial charge in [-0.05, 0) is 32.4 Å². The number of fused-ring (bicyclic) bond motifs is 1. The van der Waals surface area contributed by atoms with Gasteiger partial charge in [0.25, 0.3) is 0 Å². The van der Waals surface area contributed by atoms with Crippen LogP contribution in [0.15, 0.2) is 17.3 Å². The molecule has 0 saturated carbocycles. The molecule has 0 unspecified atom stereocenters. The van der Waals surface area contributed by atoms with E-state index in [1.807, 2.05) is 13.2 Å². The summed E-state index contributed by atoms with van der Waals surface area (Å²) >= 11 is 0. The lowest BCUT2D eigenvalue weighted by atomic mass is 10.1. The highest BCUT2D eigenvalue weighted by molar-refractivity contribution is 5.89. The summed E-state index contributed by atoms with van der Waals surface area (Å²) in [6, 6.07) is 0. The van der Waals surface area contributed by atoms with E-state index in [9.17, 15) is 4.79 Å². The Morgan fingerprint density at radius 1 is 1.45 bits per heavy atom. The predicted molar refractivity (Wildman–Crippen MR) is 85.8 cm³/mol. The molecule has 6 nitrogen and oxygen atoms in total. The van der Waals surface area contributed by atoms with E-state index in [4.69, 9.17) is 4.74 Å². The van der Waals surface area contributed by atoms with Crippen molar-refractivity contribution >= 4 is 11.8 Å². The molecule has 0 fully saturated rings. The summed E-state index contributed by atoms with van der Waals surface area (Å²) in [6.07, 6.45) is 7.59.